The second-order valence-corrected chi connectivity index (χ2v) is 8.75. The maximum atomic E-state index is 14.3. The van der Waals surface area contributed by atoms with Crippen molar-refractivity contribution in [2.75, 3.05) is 6.61 Å². The fraction of sp³-hybridized carbons (Fsp3) is 0.308. The Morgan fingerprint density at radius 1 is 0.914 bits per heavy atom. The van der Waals surface area contributed by atoms with Gasteiger partial charge in [-0.2, -0.15) is 15.3 Å². The molecule has 0 aliphatic rings. The van der Waals surface area contributed by atoms with Crippen molar-refractivity contribution in [2.45, 2.75) is 45.3 Å². The highest BCUT2D eigenvalue weighted by Crippen LogP contribution is 2.33. The lowest BCUT2D eigenvalue weighted by molar-refractivity contribution is 0.0783. The van der Waals surface area contributed by atoms with Crippen LogP contribution in [0.4, 0.5) is 8.78 Å². The molecule has 0 bridgehead atoms. The molecule has 2 atom stereocenters. The third-order valence-electron chi connectivity index (χ3n) is 5.83. The van der Waals surface area contributed by atoms with E-state index in [2.05, 4.69) is 15.3 Å². The van der Waals surface area contributed by atoms with Crippen LogP contribution in [0, 0.1) is 11.6 Å². The molecule has 7 nitrogen and oxygen atoms in total. The number of hydrogen-bond acceptors (Lipinski definition) is 6. The summed E-state index contributed by atoms with van der Waals surface area (Å²) in [6.07, 6.45) is 0.824. The quantitative estimate of drug-likeness (QED) is 0.391. The molecule has 3 aromatic heterocycles. The largest absolute Gasteiger partial charge is 0.394 e. The monoisotopic (exact) mass is 479 g/mol. The van der Waals surface area contributed by atoms with Gasteiger partial charge in [0.05, 0.1) is 41.9 Å². The van der Waals surface area contributed by atoms with Gasteiger partial charge in [0.15, 0.2) is 0 Å². The van der Waals surface area contributed by atoms with Gasteiger partial charge < -0.3 is 10.2 Å². The summed E-state index contributed by atoms with van der Waals surface area (Å²) in [5.74, 6) is -1.57. The van der Waals surface area contributed by atoms with Crippen LogP contribution in [0.5, 0.6) is 0 Å². The highest BCUT2D eigenvalue weighted by molar-refractivity contribution is 5.62. The summed E-state index contributed by atoms with van der Waals surface area (Å²) >= 11 is 0. The van der Waals surface area contributed by atoms with Crippen molar-refractivity contribution in [1.82, 2.24) is 25.0 Å². The van der Waals surface area contributed by atoms with E-state index >= 15 is 0 Å². The van der Waals surface area contributed by atoms with Gasteiger partial charge in [-0.15, -0.1) is 0 Å². The molecule has 0 saturated heterocycles. The Hall–Kier alpha value is -3.56. The average Bonchev–Trinajstić information content (AvgIpc) is 3.32. The Morgan fingerprint density at radius 3 is 2.31 bits per heavy atom. The van der Waals surface area contributed by atoms with Crippen LogP contribution >= 0.6 is 0 Å². The first-order valence-electron chi connectivity index (χ1n) is 11.4. The van der Waals surface area contributed by atoms with Crippen molar-refractivity contribution in [3.05, 3.63) is 83.3 Å². The molecule has 0 aliphatic heterocycles. The zero-order valence-corrected chi connectivity index (χ0v) is 19.7. The molecule has 1 unspecified atom stereocenters. The molecular weight excluding hydrogens is 452 g/mol. The van der Waals surface area contributed by atoms with Crippen LogP contribution in [0.2, 0.25) is 0 Å². The van der Waals surface area contributed by atoms with Crippen molar-refractivity contribution in [3.63, 3.8) is 0 Å². The topological polar surface area (TPSA) is 97.0 Å². The maximum Gasteiger partial charge on any atom is 0.135 e. The van der Waals surface area contributed by atoms with Gasteiger partial charge in [0.1, 0.15) is 17.3 Å². The van der Waals surface area contributed by atoms with Crippen LogP contribution in [0.3, 0.4) is 0 Å². The van der Waals surface area contributed by atoms with E-state index < -0.39 is 17.7 Å². The molecule has 0 aliphatic carbocycles. The molecule has 3 heterocycles. The van der Waals surface area contributed by atoms with Crippen molar-refractivity contribution >= 4 is 0 Å². The highest BCUT2D eigenvalue weighted by atomic mass is 19.1. The molecule has 0 fully saturated rings. The maximum absolute atomic E-state index is 14.3. The lowest BCUT2D eigenvalue weighted by atomic mass is 9.91. The van der Waals surface area contributed by atoms with Crippen molar-refractivity contribution in [2.24, 2.45) is 0 Å². The number of halogens is 2. The Bertz CT molecular complexity index is 1300. The molecule has 9 heteroatoms. The minimum absolute atomic E-state index is 0.0355. The zero-order valence-electron chi connectivity index (χ0n) is 19.7. The van der Waals surface area contributed by atoms with Crippen molar-refractivity contribution in [3.8, 4) is 22.6 Å². The van der Waals surface area contributed by atoms with Crippen LogP contribution < -0.4 is 0 Å². The molecule has 4 aromatic rings. The predicted molar refractivity (Wildman–Crippen MR) is 128 cm³/mol. The standard InChI is InChI=1S/C26H27F2N5O2/c1-15(2)18-12-24(25-19(27)6-4-7-20(25)28)30-31-26(18)16(3)21-8-5-9-22(29-21)23-10-11-33(32-23)13-17(35)14-34/h4-12,15-17,34-35H,13-14H2,1-3H3/t16?,17-/m0/s1. The first kappa shape index (κ1) is 24.6. The second kappa shape index (κ2) is 10.4. The molecule has 0 saturated carbocycles. The van der Waals surface area contributed by atoms with E-state index in [4.69, 9.17) is 10.1 Å². The number of nitrogens with zero attached hydrogens (tertiary/aromatic N) is 5. The molecule has 182 valence electrons. The lowest BCUT2D eigenvalue weighted by Crippen LogP contribution is -2.20. The molecule has 1 aromatic carbocycles. The molecular formula is C26H27F2N5O2. The summed E-state index contributed by atoms with van der Waals surface area (Å²) in [6, 6.07) is 12.8. The fourth-order valence-corrected chi connectivity index (χ4v) is 3.93. The van der Waals surface area contributed by atoms with E-state index in [9.17, 15) is 13.9 Å². The summed E-state index contributed by atoms with van der Waals surface area (Å²) in [6.45, 7) is 5.77. The molecule has 0 radical (unpaired) electrons. The number of hydrogen-bond donors (Lipinski definition) is 2. The Morgan fingerprint density at radius 2 is 1.63 bits per heavy atom. The van der Waals surface area contributed by atoms with Gasteiger partial charge in [-0.05, 0) is 47.9 Å². The fourth-order valence-electron chi connectivity index (χ4n) is 3.93. The number of benzene rings is 1. The number of aliphatic hydroxyl groups excluding tert-OH is 2. The van der Waals surface area contributed by atoms with Gasteiger partial charge in [-0.25, -0.2) is 8.78 Å². The SMILES string of the molecule is CC(C)c1cc(-c2c(F)cccc2F)nnc1C(C)c1cccc(-c2ccn(C[C@H](O)CO)n2)n1. The van der Waals surface area contributed by atoms with Gasteiger partial charge in [0.25, 0.3) is 0 Å². The van der Waals surface area contributed by atoms with Gasteiger partial charge in [0, 0.05) is 17.8 Å². The van der Waals surface area contributed by atoms with E-state index in [0.29, 0.717) is 17.1 Å². The normalized spacial score (nSPS) is 13.3. The number of aromatic nitrogens is 5. The lowest BCUT2D eigenvalue weighted by Gasteiger charge is -2.18. The highest BCUT2D eigenvalue weighted by Gasteiger charge is 2.22. The third-order valence-corrected chi connectivity index (χ3v) is 5.83. The summed E-state index contributed by atoms with van der Waals surface area (Å²) < 4.78 is 30.2. The smallest absolute Gasteiger partial charge is 0.135 e. The first-order chi connectivity index (χ1) is 16.8. The van der Waals surface area contributed by atoms with Gasteiger partial charge in [-0.3, -0.25) is 9.67 Å². The summed E-state index contributed by atoms with van der Waals surface area (Å²) in [5.41, 5.74) is 3.50. The van der Waals surface area contributed by atoms with Crippen LogP contribution in [0.1, 0.15) is 49.6 Å². The van der Waals surface area contributed by atoms with E-state index in [1.54, 1.807) is 23.0 Å². The van der Waals surface area contributed by atoms with Crippen molar-refractivity contribution < 1.29 is 19.0 Å². The Labute approximate surface area is 202 Å². The Balaban J connectivity index is 1.67. The van der Waals surface area contributed by atoms with E-state index in [-0.39, 0.29) is 36.2 Å². The summed E-state index contributed by atoms with van der Waals surface area (Å²) in [4.78, 5) is 4.77. The van der Waals surface area contributed by atoms with Gasteiger partial charge >= 0.3 is 0 Å². The Kier molecular flexibility index (Phi) is 7.28. The summed E-state index contributed by atoms with van der Waals surface area (Å²) in [5, 5.41) is 31.7. The number of aliphatic hydroxyl groups is 2. The zero-order chi connectivity index (χ0) is 25.1. The van der Waals surface area contributed by atoms with Crippen LogP contribution in [-0.2, 0) is 6.54 Å². The van der Waals surface area contributed by atoms with Crippen LogP contribution in [0.15, 0.2) is 54.7 Å². The molecule has 0 spiro atoms. The molecule has 2 N–H and O–H groups in total. The minimum Gasteiger partial charge on any atom is -0.394 e. The predicted octanol–water partition coefficient (Wildman–Crippen LogP) is 4.31. The van der Waals surface area contributed by atoms with Crippen LogP contribution in [-0.4, -0.2) is 47.9 Å². The third kappa shape index (κ3) is 5.26. The van der Waals surface area contributed by atoms with Gasteiger partial charge in [-0.1, -0.05) is 32.9 Å². The molecule has 4 rings (SSSR count). The van der Waals surface area contributed by atoms with Crippen LogP contribution in [0.25, 0.3) is 22.6 Å². The van der Waals surface area contributed by atoms with E-state index in [1.807, 2.05) is 39.0 Å². The first-order valence-corrected chi connectivity index (χ1v) is 11.4. The van der Waals surface area contributed by atoms with Crippen molar-refractivity contribution in [1.29, 1.82) is 0 Å². The number of pyridine rings is 1. The molecule has 35 heavy (non-hydrogen) atoms. The van der Waals surface area contributed by atoms with E-state index in [1.165, 1.54) is 18.2 Å². The van der Waals surface area contributed by atoms with Gasteiger partial charge in [0.2, 0.25) is 0 Å². The molecule has 0 amide bonds. The minimum atomic E-state index is -0.893. The van der Waals surface area contributed by atoms with E-state index in [0.717, 1.165) is 11.3 Å². The number of rotatable bonds is 8. The summed E-state index contributed by atoms with van der Waals surface area (Å²) in [7, 11) is 0. The average molecular weight is 480 g/mol. The second-order valence-electron chi connectivity index (χ2n) is 8.75.